The summed E-state index contributed by atoms with van der Waals surface area (Å²) in [5, 5.41) is 3.53. The normalized spacial score (nSPS) is 12.4. The van der Waals surface area contributed by atoms with Crippen molar-refractivity contribution < 1.29 is 18.0 Å². The molecule has 2 amide bonds. The Balaban J connectivity index is 2.40. The molecule has 2 aromatic carbocycles. The molecule has 10 heteroatoms. The zero-order valence-corrected chi connectivity index (χ0v) is 22.3. The van der Waals surface area contributed by atoms with Gasteiger partial charge in [-0.25, -0.2) is 8.42 Å². The minimum atomic E-state index is -3.77. The first-order valence-electron chi connectivity index (χ1n) is 10.9. The number of carbonyl (C=O) groups is 2. The van der Waals surface area contributed by atoms with Crippen LogP contribution >= 0.6 is 23.2 Å². The first kappa shape index (κ1) is 28.0. The number of nitrogens with zero attached hydrogens (tertiary/aromatic N) is 2. The second-order valence-electron chi connectivity index (χ2n) is 8.64. The molecule has 2 aromatic rings. The summed E-state index contributed by atoms with van der Waals surface area (Å²) in [4.78, 5) is 27.7. The molecule has 0 aliphatic carbocycles. The Morgan fingerprint density at radius 1 is 1.03 bits per heavy atom. The fourth-order valence-electron chi connectivity index (χ4n) is 3.31. The summed E-state index contributed by atoms with van der Waals surface area (Å²) in [6.45, 7) is 7.38. The smallest absolute Gasteiger partial charge is 0.244 e. The van der Waals surface area contributed by atoms with Crippen molar-refractivity contribution in [3.05, 3.63) is 63.6 Å². The summed E-state index contributed by atoms with van der Waals surface area (Å²) in [5.74, 6) is -0.618. The monoisotopic (exact) mass is 527 g/mol. The van der Waals surface area contributed by atoms with Gasteiger partial charge in [0.25, 0.3) is 0 Å². The van der Waals surface area contributed by atoms with Crippen LogP contribution in [-0.4, -0.2) is 50.5 Å². The third kappa shape index (κ3) is 7.61. The van der Waals surface area contributed by atoms with Crippen LogP contribution in [0, 0.1) is 12.8 Å². The highest BCUT2D eigenvalue weighted by Crippen LogP contribution is 2.25. The Morgan fingerprint density at radius 3 is 2.24 bits per heavy atom. The minimum absolute atomic E-state index is 0.0529. The van der Waals surface area contributed by atoms with Crippen molar-refractivity contribution in [2.45, 2.75) is 40.3 Å². The second kappa shape index (κ2) is 11.9. The zero-order valence-electron chi connectivity index (χ0n) is 20.0. The SMILES string of the molecule is Cc1ccccc1N(CC(=O)N(Cc1ccc(Cl)c(Cl)c1)[C@@H](C)C(=O)NCC(C)C)S(C)(=O)=O. The Hall–Kier alpha value is -2.29. The van der Waals surface area contributed by atoms with E-state index in [2.05, 4.69) is 5.32 Å². The molecule has 0 saturated heterocycles. The predicted octanol–water partition coefficient (Wildman–Crippen LogP) is 4.26. The molecule has 1 N–H and O–H groups in total. The molecule has 0 aliphatic heterocycles. The summed E-state index contributed by atoms with van der Waals surface area (Å²) in [6.07, 6.45) is 1.05. The number of rotatable bonds is 10. The number of hydrogen-bond donors (Lipinski definition) is 1. The van der Waals surface area contributed by atoms with Crippen LogP contribution in [-0.2, 0) is 26.2 Å². The standard InChI is InChI=1S/C24H31Cl2N3O4S/c1-16(2)13-27-24(31)18(4)28(14-19-10-11-20(25)21(26)12-19)23(30)15-29(34(5,32)33)22-9-7-6-8-17(22)3/h6-12,16,18H,13-15H2,1-5H3,(H,27,31)/t18-/m0/s1. The fourth-order valence-corrected chi connectivity index (χ4v) is 4.54. The van der Waals surface area contributed by atoms with Crippen molar-refractivity contribution in [1.29, 1.82) is 0 Å². The first-order valence-corrected chi connectivity index (χ1v) is 13.5. The molecule has 1 atom stereocenters. The van der Waals surface area contributed by atoms with E-state index in [1.165, 1.54) is 4.90 Å². The molecule has 0 saturated carbocycles. The molecule has 34 heavy (non-hydrogen) atoms. The molecule has 0 unspecified atom stereocenters. The number of hydrogen-bond acceptors (Lipinski definition) is 4. The molecular weight excluding hydrogens is 497 g/mol. The third-order valence-electron chi connectivity index (χ3n) is 5.25. The van der Waals surface area contributed by atoms with Crippen LogP contribution in [0.1, 0.15) is 31.9 Å². The maximum absolute atomic E-state index is 13.5. The molecule has 186 valence electrons. The molecule has 2 rings (SSSR count). The van der Waals surface area contributed by atoms with E-state index >= 15 is 0 Å². The number of carbonyl (C=O) groups excluding carboxylic acids is 2. The highest BCUT2D eigenvalue weighted by Gasteiger charge is 2.30. The van der Waals surface area contributed by atoms with Gasteiger partial charge in [0.05, 0.1) is 22.0 Å². The zero-order chi connectivity index (χ0) is 25.6. The van der Waals surface area contributed by atoms with Crippen molar-refractivity contribution in [1.82, 2.24) is 10.2 Å². The van der Waals surface area contributed by atoms with Crippen LogP contribution in [0.25, 0.3) is 0 Å². The van der Waals surface area contributed by atoms with E-state index in [0.717, 1.165) is 10.6 Å². The van der Waals surface area contributed by atoms with Gasteiger partial charge in [-0.3, -0.25) is 13.9 Å². The number of anilines is 1. The van der Waals surface area contributed by atoms with Crippen molar-refractivity contribution in [2.24, 2.45) is 5.92 Å². The van der Waals surface area contributed by atoms with Gasteiger partial charge in [-0.2, -0.15) is 0 Å². The number of amides is 2. The molecule has 0 heterocycles. The quantitative estimate of drug-likeness (QED) is 0.500. The largest absolute Gasteiger partial charge is 0.354 e. The van der Waals surface area contributed by atoms with Crippen LogP contribution in [0.4, 0.5) is 5.69 Å². The lowest BCUT2D eigenvalue weighted by atomic mass is 10.1. The van der Waals surface area contributed by atoms with Gasteiger partial charge in [0.1, 0.15) is 12.6 Å². The van der Waals surface area contributed by atoms with Gasteiger partial charge in [-0.1, -0.05) is 61.3 Å². The lowest BCUT2D eigenvalue weighted by molar-refractivity contribution is -0.139. The summed E-state index contributed by atoms with van der Waals surface area (Å²) in [5.41, 5.74) is 1.78. The van der Waals surface area contributed by atoms with E-state index in [1.54, 1.807) is 56.3 Å². The molecule has 0 spiro atoms. The predicted molar refractivity (Wildman–Crippen MR) is 138 cm³/mol. The number of sulfonamides is 1. The Labute approximate surface area is 212 Å². The Kier molecular flexibility index (Phi) is 9.79. The molecule has 7 nitrogen and oxygen atoms in total. The van der Waals surface area contributed by atoms with Crippen LogP contribution in [0.15, 0.2) is 42.5 Å². The Bertz CT molecular complexity index is 1140. The van der Waals surface area contributed by atoms with E-state index in [1.807, 2.05) is 13.8 Å². The summed E-state index contributed by atoms with van der Waals surface area (Å²) in [6, 6.07) is 11.0. The molecule has 0 fully saturated rings. The van der Waals surface area contributed by atoms with Gasteiger partial charge < -0.3 is 10.2 Å². The van der Waals surface area contributed by atoms with Crippen molar-refractivity contribution >= 4 is 50.7 Å². The van der Waals surface area contributed by atoms with Crippen LogP contribution in [0.2, 0.25) is 10.0 Å². The van der Waals surface area contributed by atoms with Crippen molar-refractivity contribution in [3.63, 3.8) is 0 Å². The van der Waals surface area contributed by atoms with E-state index in [4.69, 9.17) is 23.2 Å². The number of halogens is 2. The van der Waals surface area contributed by atoms with Gasteiger partial charge in [0, 0.05) is 13.1 Å². The summed E-state index contributed by atoms with van der Waals surface area (Å²) >= 11 is 12.2. The lowest BCUT2D eigenvalue weighted by Crippen LogP contribution is -2.51. The molecule has 0 radical (unpaired) electrons. The number of aryl methyl sites for hydroxylation is 1. The van der Waals surface area contributed by atoms with E-state index < -0.39 is 28.5 Å². The van der Waals surface area contributed by atoms with Crippen LogP contribution in [0.5, 0.6) is 0 Å². The van der Waals surface area contributed by atoms with E-state index in [9.17, 15) is 18.0 Å². The highest BCUT2D eigenvalue weighted by molar-refractivity contribution is 7.92. The maximum atomic E-state index is 13.5. The van der Waals surface area contributed by atoms with Gasteiger partial charge >= 0.3 is 0 Å². The van der Waals surface area contributed by atoms with Gasteiger partial charge in [-0.15, -0.1) is 0 Å². The lowest BCUT2D eigenvalue weighted by Gasteiger charge is -2.32. The Morgan fingerprint density at radius 2 is 1.68 bits per heavy atom. The molecule has 0 aliphatic rings. The minimum Gasteiger partial charge on any atom is -0.354 e. The van der Waals surface area contributed by atoms with Gasteiger partial charge in [0.15, 0.2) is 0 Å². The van der Waals surface area contributed by atoms with Crippen molar-refractivity contribution in [2.75, 3.05) is 23.7 Å². The molecule has 0 bridgehead atoms. The first-order chi connectivity index (χ1) is 15.8. The fraction of sp³-hybridized carbons (Fsp3) is 0.417. The highest BCUT2D eigenvalue weighted by atomic mass is 35.5. The summed E-state index contributed by atoms with van der Waals surface area (Å²) in [7, 11) is -3.77. The molecule has 0 aromatic heterocycles. The van der Waals surface area contributed by atoms with Crippen LogP contribution < -0.4 is 9.62 Å². The van der Waals surface area contributed by atoms with Gasteiger partial charge in [0.2, 0.25) is 21.8 Å². The third-order valence-corrected chi connectivity index (χ3v) is 7.12. The molecular formula is C24H31Cl2N3O4S. The van der Waals surface area contributed by atoms with E-state index in [-0.39, 0.29) is 18.4 Å². The van der Waals surface area contributed by atoms with Crippen molar-refractivity contribution in [3.8, 4) is 0 Å². The average Bonchev–Trinajstić information content (AvgIpc) is 2.75. The number of nitrogens with one attached hydrogen (secondary N) is 1. The topological polar surface area (TPSA) is 86.8 Å². The average molecular weight is 529 g/mol. The second-order valence-corrected chi connectivity index (χ2v) is 11.4. The number of para-hydroxylation sites is 1. The van der Waals surface area contributed by atoms with Gasteiger partial charge in [-0.05, 0) is 49.1 Å². The number of benzene rings is 2. The maximum Gasteiger partial charge on any atom is 0.244 e. The van der Waals surface area contributed by atoms with E-state index in [0.29, 0.717) is 33.4 Å². The van der Waals surface area contributed by atoms with Crippen LogP contribution in [0.3, 0.4) is 0 Å². The summed E-state index contributed by atoms with van der Waals surface area (Å²) < 4.78 is 26.3.